The maximum absolute atomic E-state index is 16.4. The lowest BCUT2D eigenvalue weighted by Crippen LogP contribution is -2.25. The third-order valence-corrected chi connectivity index (χ3v) is 12.3. The molecule has 0 fully saturated rings. The van der Waals surface area contributed by atoms with Crippen LogP contribution in [0.5, 0.6) is 0 Å². The number of nitrogens with zero attached hydrogens (tertiary/aromatic N) is 7. The Morgan fingerprint density at radius 3 is 2.48 bits per heavy atom. The van der Waals surface area contributed by atoms with Crippen molar-refractivity contribution in [1.29, 1.82) is 0 Å². The molecule has 1 aliphatic heterocycles. The standard InChI is InChI=1S/C48H34F2N12/c1-48(27-5-2-6-28(49)16-27)12-4-9-37-34(48)20-41(57-37)45-33-19-39(43-23-51-13-14-52-43)58-46(47(33)62-61-45)31-15-25(10-11-35(31)50)29-7-3-8-36-30(29)17-40(56-36)44-32-18-38(26-21-54-55-22-26)53-24-42(32)59-60-44/h2-11,13-21,23-24,26,55-57H,12,22H2,1H3,(H,59,60)(H,61,62). The Bertz CT molecular complexity index is 3470. The van der Waals surface area contributed by atoms with Crippen LogP contribution in [0, 0.1) is 11.6 Å². The van der Waals surface area contributed by atoms with E-state index in [1.54, 1.807) is 36.8 Å². The molecule has 10 aromatic rings. The van der Waals surface area contributed by atoms with E-state index in [0.717, 1.165) is 72.5 Å². The summed E-state index contributed by atoms with van der Waals surface area (Å²) in [5.74, 6) is -0.646. The summed E-state index contributed by atoms with van der Waals surface area (Å²) in [7, 11) is 0. The van der Waals surface area contributed by atoms with Gasteiger partial charge in [-0.3, -0.25) is 25.1 Å². The van der Waals surface area contributed by atoms with Crippen molar-refractivity contribution in [2.75, 3.05) is 6.54 Å². The number of allylic oxidation sites excluding steroid dienone is 1. The predicted octanol–water partition coefficient (Wildman–Crippen LogP) is 9.84. The predicted molar refractivity (Wildman–Crippen MR) is 236 cm³/mol. The molecule has 14 heteroatoms. The van der Waals surface area contributed by atoms with Crippen LogP contribution < -0.4 is 5.43 Å². The highest BCUT2D eigenvalue weighted by Crippen LogP contribution is 2.45. The molecule has 5 N–H and O–H groups in total. The van der Waals surface area contributed by atoms with E-state index < -0.39 is 11.2 Å². The second-order valence-electron chi connectivity index (χ2n) is 16.0. The van der Waals surface area contributed by atoms with Crippen LogP contribution in [0.25, 0.3) is 95.3 Å². The van der Waals surface area contributed by atoms with Crippen molar-refractivity contribution in [2.24, 2.45) is 5.10 Å². The van der Waals surface area contributed by atoms with Crippen molar-refractivity contribution >= 4 is 45.0 Å². The van der Waals surface area contributed by atoms with Crippen LogP contribution >= 0.6 is 0 Å². The number of hydrogen-bond acceptors (Lipinski definition) is 8. The third-order valence-electron chi connectivity index (χ3n) is 12.3. The van der Waals surface area contributed by atoms with Crippen LogP contribution in [0.2, 0.25) is 0 Å². The van der Waals surface area contributed by atoms with Crippen LogP contribution in [0.1, 0.15) is 41.8 Å². The molecule has 0 amide bonds. The van der Waals surface area contributed by atoms with Gasteiger partial charge in [-0.25, -0.2) is 13.8 Å². The number of halogens is 2. The van der Waals surface area contributed by atoms with Crippen molar-refractivity contribution < 1.29 is 8.78 Å². The zero-order valence-electron chi connectivity index (χ0n) is 33.0. The van der Waals surface area contributed by atoms with E-state index in [4.69, 9.17) is 10.1 Å². The summed E-state index contributed by atoms with van der Waals surface area (Å²) >= 11 is 0. The minimum atomic E-state index is -0.479. The van der Waals surface area contributed by atoms with Gasteiger partial charge in [0.2, 0.25) is 0 Å². The molecule has 8 heterocycles. The second-order valence-corrected chi connectivity index (χ2v) is 16.0. The fraction of sp³-hybridized carbons (Fsp3) is 0.104. The average Bonchev–Trinajstić information content (AvgIpc) is 4.16. The summed E-state index contributed by atoms with van der Waals surface area (Å²) in [6, 6.07) is 26.0. The van der Waals surface area contributed by atoms with Crippen LogP contribution in [-0.2, 0) is 5.41 Å². The molecule has 2 unspecified atom stereocenters. The summed E-state index contributed by atoms with van der Waals surface area (Å²) in [5.41, 5.74) is 14.9. The van der Waals surface area contributed by atoms with E-state index in [1.165, 1.54) is 12.1 Å². The van der Waals surface area contributed by atoms with E-state index in [0.29, 0.717) is 46.6 Å². The van der Waals surface area contributed by atoms with Gasteiger partial charge in [0, 0.05) is 63.5 Å². The monoisotopic (exact) mass is 816 g/mol. The SMILES string of the molecule is CC1(c2cccc(F)c2)CC=Cc2[nH]c(-c3n[nH]c4c(-c5cc(-c6cccc7[nH]c(-c8n[nH]c9cnc(C%10C=NNC%10)cc89)cc67)ccc5F)nc(-c5cnccn5)cc34)cc21. The Hall–Kier alpha value is -8.13. The van der Waals surface area contributed by atoms with Gasteiger partial charge in [0.05, 0.1) is 57.8 Å². The molecule has 0 spiro atoms. The highest BCUT2D eigenvalue weighted by Gasteiger charge is 2.34. The number of hydrogen-bond donors (Lipinski definition) is 5. The largest absolute Gasteiger partial charge is 0.353 e. The number of benzene rings is 3. The van der Waals surface area contributed by atoms with Crippen molar-refractivity contribution in [3.63, 3.8) is 0 Å². The lowest BCUT2D eigenvalue weighted by molar-refractivity contribution is 0.561. The van der Waals surface area contributed by atoms with Crippen molar-refractivity contribution in [2.45, 2.75) is 24.7 Å². The number of H-pyrrole nitrogens is 4. The third kappa shape index (κ3) is 5.67. The second kappa shape index (κ2) is 13.7. The van der Waals surface area contributed by atoms with Gasteiger partial charge in [-0.2, -0.15) is 15.3 Å². The molecule has 0 radical (unpaired) electrons. The van der Waals surface area contributed by atoms with Crippen LogP contribution in [0.15, 0.2) is 121 Å². The molecule has 7 aromatic heterocycles. The van der Waals surface area contributed by atoms with Crippen LogP contribution in [0.3, 0.4) is 0 Å². The highest BCUT2D eigenvalue weighted by atomic mass is 19.1. The number of nitrogens with one attached hydrogen (secondary N) is 5. The van der Waals surface area contributed by atoms with E-state index in [1.807, 2.05) is 48.8 Å². The minimum absolute atomic E-state index is 0.0789. The molecule has 12 nitrogen and oxygen atoms in total. The zero-order valence-corrected chi connectivity index (χ0v) is 33.0. The summed E-state index contributed by atoms with van der Waals surface area (Å²) in [4.78, 5) is 25.7. The molecular formula is C48H34F2N12. The first-order chi connectivity index (χ1) is 30.4. The zero-order chi connectivity index (χ0) is 41.5. The average molecular weight is 817 g/mol. The van der Waals surface area contributed by atoms with Crippen molar-refractivity contribution in [3.05, 3.63) is 150 Å². The normalized spacial score (nSPS) is 17.0. The Labute approximate surface area is 351 Å². The molecular weight excluding hydrogens is 783 g/mol. The summed E-state index contributed by atoms with van der Waals surface area (Å²) in [6.07, 6.45) is 13.4. The maximum Gasteiger partial charge on any atom is 0.132 e. The molecule has 12 rings (SSSR count). The molecule has 1 aliphatic carbocycles. The first-order valence-corrected chi connectivity index (χ1v) is 20.2. The Balaban J connectivity index is 0.982. The van der Waals surface area contributed by atoms with Crippen LogP contribution in [-0.4, -0.2) is 63.1 Å². The molecule has 2 aliphatic rings. The first kappa shape index (κ1) is 35.8. The fourth-order valence-corrected chi connectivity index (χ4v) is 9.07. The lowest BCUT2D eigenvalue weighted by atomic mass is 9.71. The Morgan fingerprint density at radius 1 is 0.726 bits per heavy atom. The van der Waals surface area contributed by atoms with E-state index in [9.17, 15) is 4.39 Å². The lowest BCUT2D eigenvalue weighted by Gasteiger charge is -2.32. The first-order valence-electron chi connectivity index (χ1n) is 20.2. The van der Waals surface area contributed by atoms with Crippen molar-refractivity contribution in [1.82, 2.24) is 55.7 Å². The Morgan fingerprint density at radius 2 is 1.61 bits per heavy atom. The van der Waals surface area contributed by atoms with Gasteiger partial charge in [-0.1, -0.05) is 43.3 Å². The molecule has 0 saturated carbocycles. The highest BCUT2D eigenvalue weighted by molar-refractivity contribution is 6.04. The minimum Gasteiger partial charge on any atom is -0.353 e. The summed E-state index contributed by atoms with van der Waals surface area (Å²) < 4.78 is 30.9. The summed E-state index contributed by atoms with van der Waals surface area (Å²) in [6.45, 7) is 2.82. The van der Waals surface area contributed by atoms with Crippen LogP contribution in [0.4, 0.5) is 8.78 Å². The fourth-order valence-electron chi connectivity index (χ4n) is 9.07. The maximum atomic E-state index is 16.4. The number of hydrazone groups is 1. The Kier molecular flexibility index (Phi) is 7.91. The topological polar surface area (TPSA) is 165 Å². The molecule has 62 heavy (non-hydrogen) atoms. The number of pyridine rings is 2. The number of aromatic amines is 4. The quantitative estimate of drug-likeness (QED) is 0.107. The molecule has 0 saturated heterocycles. The smallest absolute Gasteiger partial charge is 0.132 e. The molecule has 3 aromatic carbocycles. The van der Waals surface area contributed by atoms with E-state index in [-0.39, 0.29) is 17.3 Å². The van der Waals surface area contributed by atoms with Gasteiger partial charge < -0.3 is 15.4 Å². The number of fused-ring (bicyclic) bond motifs is 4. The number of aromatic nitrogens is 10. The van der Waals surface area contributed by atoms with E-state index in [2.05, 4.69) is 88.0 Å². The molecule has 0 bridgehead atoms. The van der Waals surface area contributed by atoms with Gasteiger partial charge >= 0.3 is 0 Å². The number of rotatable bonds is 7. The van der Waals surface area contributed by atoms with Gasteiger partial charge in [0.25, 0.3) is 0 Å². The molecule has 300 valence electrons. The molecule has 2 atom stereocenters. The van der Waals surface area contributed by atoms with E-state index >= 15 is 4.39 Å². The van der Waals surface area contributed by atoms with Gasteiger partial charge in [-0.05, 0) is 89.3 Å². The van der Waals surface area contributed by atoms with Gasteiger partial charge in [-0.15, -0.1) is 0 Å². The van der Waals surface area contributed by atoms with Crippen molar-refractivity contribution in [3.8, 4) is 56.5 Å². The van der Waals surface area contributed by atoms with Gasteiger partial charge in [0.15, 0.2) is 0 Å². The van der Waals surface area contributed by atoms with Gasteiger partial charge in [0.1, 0.15) is 28.7 Å². The summed E-state index contributed by atoms with van der Waals surface area (Å²) in [5, 5.41) is 22.6.